The van der Waals surface area contributed by atoms with Gasteiger partial charge < -0.3 is 9.47 Å². The summed E-state index contributed by atoms with van der Waals surface area (Å²) in [4.78, 5) is 14.9. The molecule has 2 aliphatic rings. The van der Waals surface area contributed by atoms with Crippen LogP contribution in [0.5, 0.6) is 0 Å². The topological polar surface area (TPSA) is 35.5 Å². The summed E-state index contributed by atoms with van der Waals surface area (Å²) < 4.78 is 13.2. The third-order valence-electron chi connectivity index (χ3n) is 7.19. The van der Waals surface area contributed by atoms with E-state index in [-0.39, 0.29) is 12.1 Å². The van der Waals surface area contributed by atoms with E-state index in [9.17, 15) is 4.79 Å². The number of hydrogen-bond donors (Lipinski definition) is 0. The van der Waals surface area contributed by atoms with Crippen molar-refractivity contribution in [2.45, 2.75) is 103 Å². The van der Waals surface area contributed by atoms with Crippen molar-refractivity contribution in [3.05, 3.63) is 21.9 Å². The molecule has 2 fully saturated rings. The first-order chi connectivity index (χ1) is 15.2. The first-order valence-electron chi connectivity index (χ1n) is 12.5. The van der Waals surface area contributed by atoms with Crippen LogP contribution in [0.2, 0.25) is 0 Å². The van der Waals surface area contributed by atoms with Gasteiger partial charge in [0.25, 0.3) is 0 Å². The molecule has 3 nitrogen and oxygen atoms in total. The molecule has 0 atom stereocenters. The molecule has 0 spiro atoms. The Morgan fingerprint density at radius 1 is 0.903 bits per heavy atom. The Hall–Kier alpha value is -0.910. The van der Waals surface area contributed by atoms with Crippen molar-refractivity contribution in [2.75, 3.05) is 6.61 Å². The molecule has 2 aliphatic carbocycles. The van der Waals surface area contributed by atoms with Crippen LogP contribution in [-0.4, -0.2) is 24.8 Å². The minimum absolute atomic E-state index is 0.105. The first kappa shape index (κ1) is 23.3. The molecule has 0 N–H and O–H groups in total. The van der Waals surface area contributed by atoms with Gasteiger partial charge in [-0.15, -0.1) is 22.7 Å². The normalized spacial score (nSPS) is 26.9. The standard InChI is InChI=1S/C26H38O3S2/c1-3-5-15-28-21-11-7-18(8-12-21)19-9-13-22(14-10-19)29-25(27)24-17-20-16-23(6-4-2)30-26(20)31-24/h16-19,21-22H,3-15H2,1-2H3. The molecule has 2 aromatic rings. The predicted molar refractivity (Wildman–Crippen MR) is 131 cm³/mol. The molecule has 172 valence electrons. The Morgan fingerprint density at radius 2 is 1.58 bits per heavy atom. The molecule has 0 aromatic carbocycles. The number of carbonyl (C=O) groups is 1. The van der Waals surface area contributed by atoms with Crippen LogP contribution in [0.4, 0.5) is 0 Å². The van der Waals surface area contributed by atoms with E-state index in [2.05, 4.69) is 19.9 Å². The summed E-state index contributed by atoms with van der Waals surface area (Å²) in [5.41, 5.74) is 0. The van der Waals surface area contributed by atoms with Gasteiger partial charge >= 0.3 is 5.97 Å². The molecule has 0 unspecified atom stereocenters. The van der Waals surface area contributed by atoms with E-state index in [1.807, 2.05) is 17.4 Å². The Labute approximate surface area is 195 Å². The van der Waals surface area contributed by atoms with Crippen molar-refractivity contribution in [1.29, 1.82) is 0 Å². The summed E-state index contributed by atoms with van der Waals surface area (Å²) in [5.74, 6) is 1.55. The first-order valence-corrected chi connectivity index (χ1v) is 14.1. The lowest BCUT2D eigenvalue weighted by atomic mass is 9.72. The number of unbranched alkanes of at least 4 members (excludes halogenated alkanes) is 1. The maximum atomic E-state index is 12.7. The van der Waals surface area contributed by atoms with Crippen molar-refractivity contribution in [1.82, 2.24) is 0 Å². The lowest BCUT2D eigenvalue weighted by Crippen LogP contribution is -2.31. The van der Waals surface area contributed by atoms with Gasteiger partial charge in [0, 0.05) is 16.9 Å². The van der Waals surface area contributed by atoms with Crippen LogP contribution in [0.15, 0.2) is 12.1 Å². The average Bonchev–Trinajstić information content (AvgIpc) is 3.34. The molecule has 0 amide bonds. The van der Waals surface area contributed by atoms with Gasteiger partial charge in [-0.3, -0.25) is 0 Å². The van der Waals surface area contributed by atoms with Gasteiger partial charge in [0.1, 0.15) is 11.0 Å². The fourth-order valence-electron chi connectivity index (χ4n) is 5.37. The molecule has 2 heterocycles. The summed E-state index contributed by atoms with van der Waals surface area (Å²) >= 11 is 3.43. The Morgan fingerprint density at radius 3 is 2.19 bits per heavy atom. The molecule has 0 saturated heterocycles. The van der Waals surface area contributed by atoms with Crippen LogP contribution in [0, 0.1) is 11.8 Å². The zero-order valence-electron chi connectivity index (χ0n) is 19.2. The molecule has 31 heavy (non-hydrogen) atoms. The molecular formula is C26H38O3S2. The van der Waals surface area contributed by atoms with Crippen molar-refractivity contribution < 1.29 is 14.3 Å². The van der Waals surface area contributed by atoms with Gasteiger partial charge in [0.15, 0.2) is 0 Å². The Kier molecular flexibility index (Phi) is 8.47. The van der Waals surface area contributed by atoms with Crippen molar-refractivity contribution in [2.24, 2.45) is 11.8 Å². The largest absolute Gasteiger partial charge is 0.458 e. The number of carbonyl (C=O) groups excluding carboxylic acids is 1. The van der Waals surface area contributed by atoms with E-state index in [1.54, 1.807) is 11.3 Å². The van der Waals surface area contributed by atoms with E-state index in [4.69, 9.17) is 9.47 Å². The minimum Gasteiger partial charge on any atom is -0.458 e. The summed E-state index contributed by atoms with van der Waals surface area (Å²) in [5, 5.41) is 1.21. The number of aryl methyl sites for hydroxylation is 1. The number of hydrogen-bond acceptors (Lipinski definition) is 5. The minimum atomic E-state index is -0.112. The Bertz CT molecular complexity index is 791. The smallest absolute Gasteiger partial charge is 0.348 e. The molecule has 4 rings (SSSR count). The number of esters is 1. The molecular weight excluding hydrogens is 424 g/mol. The number of rotatable bonds is 9. The zero-order chi connectivity index (χ0) is 21.6. The predicted octanol–water partition coefficient (Wildman–Crippen LogP) is 8.01. The summed E-state index contributed by atoms with van der Waals surface area (Å²) in [6.07, 6.45) is 14.9. The number of ether oxygens (including phenoxy) is 2. The van der Waals surface area contributed by atoms with Gasteiger partial charge in [-0.1, -0.05) is 26.7 Å². The molecule has 0 radical (unpaired) electrons. The third kappa shape index (κ3) is 6.11. The van der Waals surface area contributed by atoms with E-state index in [0.717, 1.165) is 42.6 Å². The number of thiophene rings is 2. The van der Waals surface area contributed by atoms with Crippen molar-refractivity contribution in [3.63, 3.8) is 0 Å². The van der Waals surface area contributed by atoms with E-state index in [1.165, 1.54) is 72.1 Å². The Balaban J connectivity index is 1.20. The van der Waals surface area contributed by atoms with Gasteiger partial charge in [0.05, 0.1) is 10.1 Å². The van der Waals surface area contributed by atoms with E-state index in [0.29, 0.717) is 6.10 Å². The highest BCUT2D eigenvalue weighted by Gasteiger charge is 2.32. The lowest BCUT2D eigenvalue weighted by Gasteiger charge is -2.37. The fourth-order valence-corrected chi connectivity index (χ4v) is 7.85. The highest BCUT2D eigenvalue weighted by atomic mass is 32.2. The molecule has 2 saturated carbocycles. The van der Waals surface area contributed by atoms with E-state index < -0.39 is 0 Å². The second-order valence-corrected chi connectivity index (χ2v) is 12.0. The lowest BCUT2D eigenvalue weighted by molar-refractivity contribution is -0.00543. The van der Waals surface area contributed by atoms with Crippen LogP contribution in [0.1, 0.15) is 99.0 Å². The second kappa shape index (κ2) is 11.3. The molecule has 0 aliphatic heterocycles. The molecule has 2 aromatic heterocycles. The number of fused-ring (bicyclic) bond motifs is 1. The second-order valence-electron chi connectivity index (χ2n) is 9.52. The van der Waals surface area contributed by atoms with Gasteiger partial charge in [-0.2, -0.15) is 0 Å². The monoisotopic (exact) mass is 462 g/mol. The van der Waals surface area contributed by atoms with Crippen LogP contribution in [-0.2, 0) is 15.9 Å². The molecule has 5 heteroatoms. The average molecular weight is 463 g/mol. The molecule has 0 bridgehead atoms. The van der Waals surface area contributed by atoms with Crippen LogP contribution in [0.25, 0.3) is 9.40 Å². The highest BCUT2D eigenvalue weighted by Crippen LogP contribution is 2.40. The van der Waals surface area contributed by atoms with Crippen LogP contribution in [0.3, 0.4) is 0 Å². The summed E-state index contributed by atoms with van der Waals surface area (Å²) in [6.45, 7) is 5.36. The van der Waals surface area contributed by atoms with Gasteiger partial charge in [-0.05, 0) is 88.2 Å². The van der Waals surface area contributed by atoms with Gasteiger partial charge in [-0.25, -0.2) is 4.79 Å². The van der Waals surface area contributed by atoms with Crippen molar-refractivity contribution >= 4 is 38.0 Å². The van der Waals surface area contributed by atoms with Gasteiger partial charge in [0.2, 0.25) is 0 Å². The van der Waals surface area contributed by atoms with E-state index >= 15 is 0 Å². The SMILES string of the molecule is CCCCOC1CCC(C2CCC(OC(=O)c3cc4cc(CCC)sc4s3)CC2)CC1. The summed E-state index contributed by atoms with van der Waals surface area (Å²) in [7, 11) is 0. The maximum absolute atomic E-state index is 12.7. The maximum Gasteiger partial charge on any atom is 0.348 e. The fraction of sp³-hybridized carbons (Fsp3) is 0.731. The van der Waals surface area contributed by atoms with Crippen LogP contribution >= 0.6 is 22.7 Å². The quantitative estimate of drug-likeness (QED) is 0.280. The summed E-state index contributed by atoms with van der Waals surface area (Å²) in [6, 6.07) is 4.27. The van der Waals surface area contributed by atoms with Crippen molar-refractivity contribution in [3.8, 4) is 0 Å². The third-order valence-corrected chi connectivity index (χ3v) is 9.62. The highest BCUT2D eigenvalue weighted by molar-refractivity contribution is 7.39. The zero-order valence-corrected chi connectivity index (χ0v) is 20.8. The van der Waals surface area contributed by atoms with Crippen LogP contribution < -0.4 is 0 Å².